The summed E-state index contributed by atoms with van der Waals surface area (Å²) in [4.78, 5) is 108. The van der Waals surface area contributed by atoms with E-state index in [0.717, 1.165) is 179 Å². The van der Waals surface area contributed by atoms with E-state index < -0.39 is 130 Å². The topological polar surface area (TPSA) is 309 Å². The largest absolute Gasteiger partial charge is 0.462 e. The molecule has 124 heavy (non-hydrogen) atoms. The Bertz CT molecular complexity index is 2600. The van der Waals surface area contributed by atoms with Gasteiger partial charge < -0.3 is 68.9 Å². The molecule has 2 heterocycles. The summed E-state index contributed by atoms with van der Waals surface area (Å²) in [6, 6.07) is -3.28. The third-order valence-corrected chi connectivity index (χ3v) is 26.9. The number of esters is 4. The van der Waals surface area contributed by atoms with E-state index in [1.165, 1.54) is 199 Å². The minimum absolute atomic E-state index is 0.0343. The number of amides is 2. The Morgan fingerprint density at radius 1 is 0.339 bits per heavy atom. The molecule has 2 amide bonds. The zero-order valence-corrected chi connectivity index (χ0v) is 81.7. The third-order valence-electron chi connectivity index (χ3n) is 25.5. The van der Waals surface area contributed by atoms with Crippen LogP contribution in [0.3, 0.4) is 0 Å². The van der Waals surface area contributed by atoms with Crippen LogP contribution in [-0.2, 0) is 66.5 Å². The molecule has 2 rings (SSSR count). The van der Waals surface area contributed by atoms with Gasteiger partial charge in [0.1, 0.15) is 54.4 Å². The number of rotatable bonds is 87. The van der Waals surface area contributed by atoms with Crippen LogP contribution in [0.1, 0.15) is 518 Å². The van der Waals surface area contributed by atoms with Gasteiger partial charge in [0.05, 0.1) is 26.1 Å². The van der Waals surface area contributed by atoms with Crippen molar-refractivity contribution in [2.45, 2.75) is 591 Å². The molecular formula is C102H193N2O19P. The molecule has 730 valence electrons. The quantitative estimate of drug-likeness (QED) is 0.0129. The highest BCUT2D eigenvalue weighted by Gasteiger charge is 2.57. The van der Waals surface area contributed by atoms with E-state index in [1.807, 2.05) is 0 Å². The van der Waals surface area contributed by atoms with Crippen LogP contribution < -0.4 is 10.6 Å². The van der Waals surface area contributed by atoms with Crippen molar-refractivity contribution in [2.75, 3.05) is 13.2 Å². The van der Waals surface area contributed by atoms with E-state index in [0.29, 0.717) is 57.8 Å². The van der Waals surface area contributed by atoms with Crippen molar-refractivity contribution in [2.24, 2.45) is 11.8 Å². The smallest absolute Gasteiger partial charge is 0.335 e. The summed E-state index contributed by atoms with van der Waals surface area (Å²) < 4.78 is 57.4. The molecule has 0 radical (unpaired) electrons. The highest BCUT2D eigenvalue weighted by molar-refractivity contribution is 7.52. The lowest BCUT2D eigenvalue weighted by molar-refractivity contribution is -0.287. The average molecular weight is 1780 g/mol. The fourth-order valence-electron chi connectivity index (χ4n) is 17.7. The maximum absolute atomic E-state index is 15.0. The second kappa shape index (κ2) is 79.5. The van der Waals surface area contributed by atoms with E-state index in [9.17, 15) is 58.4 Å². The predicted molar refractivity (Wildman–Crippen MR) is 503 cm³/mol. The molecule has 0 aromatic heterocycles. The van der Waals surface area contributed by atoms with Gasteiger partial charge in [0.15, 0.2) is 18.7 Å². The van der Waals surface area contributed by atoms with Crippen LogP contribution >= 0.6 is 7.60 Å². The first-order valence-corrected chi connectivity index (χ1v) is 54.1. The minimum Gasteiger partial charge on any atom is -0.462 e. The molecule has 22 heteroatoms. The lowest BCUT2D eigenvalue weighted by atomic mass is 9.95. The van der Waals surface area contributed by atoms with Gasteiger partial charge in [-0.15, -0.1) is 0 Å². The van der Waals surface area contributed by atoms with Gasteiger partial charge >= 0.3 is 31.5 Å². The van der Waals surface area contributed by atoms with Crippen LogP contribution in [0, 0.1) is 11.8 Å². The van der Waals surface area contributed by atoms with Crippen molar-refractivity contribution in [3.63, 3.8) is 0 Å². The maximum Gasteiger partial charge on any atom is 0.335 e. The van der Waals surface area contributed by atoms with Crippen LogP contribution in [0.2, 0.25) is 0 Å². The Kier molecular flexibility index (Phi) is 74.9. The first-order chi connectivity index (χ1) is 60.1. The summed E-state index contributed by atoms with van der Waals surface area (Å²) in [6.07, 6.45) is 55.0. The van der Waals surface area contributed by atoms with Gasteiger partial charge in [-0.25, -0.2) is 0 Å². The zero-order chi connectivity index (χ0) is 90.7. The normalized spacial score (nSPS) is 19.7. The van der Waals surface area contributed by atoms with Crippen LogP contribution in [0.25, 0.3) is 0 Å². The van der Waals surface area contributed by atoms with Crippen molar-refractivity contribution in [3.8, 4) is 0 Å². The Balaban J connectivity index is 2.60. The Labute approximate surface area is 757 Å². The summed E-state index contributed by atoms with van der Waals surface area (Å²) in [6.45, 7) is 16.2. The molecule has 0 bridgehead atoms. The number of aliphatic hydroxyl groups excluding tert-OH is 3. The van der Waals surface area contributed by atoms with Crippen molar-refractivity contribution in [1.29, 1.82) is 0 Å². The molecule has 2 saturated heterocycles. The van der Waals surface area contributed by atoms with Gasteiger partial charge in [0.25, 0.3) is 0 Å². The Hall–Kier alpha value is -3.27. The van der Waals surface area contributed by atoms with E-state index >= 15 is 0 Å². The summed E-state index contributed by atoms with van der Waals surface area (Å²) in [5.74, 6) is -2.29. The summed E-state index contributed by atoms with van der Waals surface area (Å²) in [7, 11) is -5.42. The standard InChI is InChI=1S/C102H193N2O19P/c1-9-13-17-21-25-29-31-33-35-43-53-61-69-77-93(110)122-98-95(103-89(106)79-85(73-65-57-49-39-27-23-19-15-11-3)118-91(108)75-67-59-51-45-37-41-47-55-63-71-83(5)6)101(113)120-88(97(98)112)82-117-102-96(99(100(124(114,115)116)87(81-105)121-102)123-94(111)78-70-62-54-44-36-34-32-30-26-22-18-14-10-2)104-90(107)80-86(74-66-58-50-40-28-24-20-16-12-4)119-92(109)76-68-60-52-46-38-42-48-56-64-72-84(7)8/h83-88,95-102,105,112-113H,9-82H2,1-8H3,(H,103,106)(H,104,107)(H2,114,115,116)/t85-,86-,87?,88?,95+,96+,97-,98?,99?,100-,101?,102-/m1/s1. The third kappa shape index (κ3) is 62.9. The fraction of sp³-hybridized carbons (Fsp3) is 0.941. The monoisotopic (exact) mass is 1780 g/mol. The summed E-state index contributed by atoms with van der Waals surface area (Å²) in [5.41, 5.74) is -2.03. The van der Waals surface area contributed by atoms with Gasteiger partial charge in [-0.3, -0.25) is 33.3 Å². The van der Waals surface area contributed by atoms with E-state index in [-0.39, 0.29) is 38.5 Å². The number of hydrogen-bond acceptors (Lipinski definition) is 17. The van der Waals surface area contributed by atoms with Gasteiger partial charge in [0.2, 0.25) is 11.8 Å². The average Bonchev–Trinajstić information content (AvgIpc) is 0.764. The molecule has 2 aliphatic heterocycles. The molecule has 5 unspecified atom stereocenters. The van der Waals surface area contributed by atoms with Gasteiger partial charge in [-0.05, 0) is 63.2 Å². The number of aliphatic hydroxyl groups is 3. The molecule has 2 aliphatic rings. The van der Waals surface area contributed by atoms with Crippen LogP contribution in [0.4, 0.5) is 0 Å². The zero-order valence-electron chi connectivity index (χ0n) is 80.8. The van der Waals surface area contributed by atoms with Gasteiger partial charge in [0, 0.05) is 25.7 Å². The Morgan fingerprint density at radius 3 is 0.895 bits per heavy atom. The van der Waals surface area contributed by atoms with Crippen molar-refractivity contribution < 1.29 is 91.6 Å². The van der Waals surface area contributed by atoms with Crippen molar-refractivity contribution in [3.05, 3.63) is 0 Å². The molecule has 0 spiro atoms. The molecule has 0 aromatic carbocycles. The number of unbranched alkanes of at least 4 members (excludes halogenated alkanes) is 56. The second-order valence-corrected chi connectivity index (χ2v) is 40.1. The van der Waals surface area contributed by atoms with Crippen LogP contribution in [0.5, 0.6) is 0 Å². The number of ether oxygens (including phenoxy) is 7. The van der Waals surface area contributed by atoms with Crippen LogP contribution in [-0.4, -0.2) is 147 Å². The van der Waals surface area contributed by atoms with Gasteiger partial charge in [-0.2, -0.15) is 0 Å². The lowest BCUT2D eigenvalue weighted by Crippen LogP contribution is -2.67. The molecule has 2 fully saturated rings. The predicted octanol–water partition coefficient (Wildman–Crippen LogP) is 25.4. The SMILES string of the molecule is CCCCCCCCCCCCCCCC(=O)OC1[C@H](O)C(CO[C@@H]2OC(CO)[C@@H](P(=O)(O)O)C(OC(=O)CCCCCCCCCCCCCCC)[C@@H]2NC(=O)C[C@@H](CCCCCCCCCCC)OC(=O)CCCCCCCCCCCC(C)C)OC(O)[C@H]1NC(=O)C[C@@H](CCCCCCCCCCC)OC(=O)CCCCCCCCCCCC(C)C. The molecule has 12 atom stereocenters. The highest BCUT2D eigenvalue weighted by atomic mass is 31.2. The molecular weight excluding hydrogens is 1590 g/mol. The molecule has 0 aromatic rings. The van der Waals surface area contributed by atoms with Crippen LogP contribution in [0.15, 0.2) is 0 Å². The number of nitrogens with one attached hydrogen (secondary N) is 2. The van der Waals surface area contributed by atoms with E-state index in [2.05, 4.69) is 66.0 Å². The molecule has 0 saturated carbocycles. The summed E-state index contributed by atoms with van der Waals surface area (Å²) in [5, 5.41) is 41.5. The first kappa shape index (κ1) is 117. The Morgan fingerprint density at radius 2 is 0.605 bits per heavy atom. The number of carbonyl (C=O) groups is 6. The maximum atomic E-state index is 15.0. The number of hydrogen-bond donors (Lipinski definition) is 7. The van der Waals surface area contributed by atoms with Crippen molar-refractivity contribution in [1.82, 2.24) is 10.6 Å². The number of carbonyl (C=O) groups excluding carboxylic acids is 6. The molecule has 21 nitrogen and oxygen atoms in total. The van der Waals surface area contributed by atoms with Gasteiger partial charge in [-0.1, -0.05) is 428 Å². The first-order valence-electron chi connectivity index (χ1n) is 52.4. The second-order valence-electron chi connectivity index (χ2n) is 38.4. The van der Waals surface area contributed by atoms with E-state index in [1.54, 1.807) is 0 Å². The van der Waals surface area contributed by atoms with Crippen molar-refractivity contribution >= 4 is 43.3 Å². The summed E-state index contributed by atoms with van der Waals surface area (Å²) >= 11 is 0. The van der Waals surface area contributed by atoms with E-state index in [4.69, 9.17) is 33.2 Å². The highest BCUT2D eigenvalue weighted by Crippen LogP contribution is 2.50. The lowest BCUT2D eigenvalue weighted by Gasteiger charge is -2.46. The fourth-order valence-corrected chi connectivity index (χ4v) is 19.0. The minimum atomic E-state index is -5.42. The molecule has 0 aliphatic carbocycles. The molecule has 7 N–H and O–H groups in total.